The molecule has 4 rings (SSSR count). The standard InChI is InChI=1S/C21H21ClN6O4/c1-11(2)30-10-16(20(29)24-17-8-12(3)32-28-17)31-21-14-9-23-27-19(14)25-18(26-21)13-6-4-5-7-15(13)22/h4-9,11,16H,10H2,1-3H3,(H,24,28,29)(H,23,25,26,27). The number of hydrogen-bond donors (Lipinski definition) is 2. The number of aryl methyl sites for hydroxylation is 1. The van der Waals surface area contributed by atoms with Gasteiger partial charge in [-0.1, -0.05) is 28.9 Å². The van der Waals surface area contributed by atoms with Gasteiger partial charge in [0.15, 0.2) is 17.3 Å². The van der Waals surface area contributed by atoms with Crippen molar-refractivity contribution in [1.82, 2.24) is 25.3 Å². The number of fused-ring (bicyclic) bond motifs is 1. The molecular weight excluding hydrogens is 436 g/mol. The van der Waals surface area contributed by atoms with Crippen molar-refractivity contribution >= 4 is 34.4 Å². The zero-order valence-corrected chi connectivity index (χ0v) is 18.4. The van der Waals surface area contributed by atoms with Gasteiger partial charge in [0.25, 0.3) is 5.91 Å². The first-order valence-corrected chi connectivity index (χ1v) is 10.3. The molecule has 0 bridgehead atoms. The molecule has 0 radical (unpaired) electrons. The van der Waals surface area contributed by atoms with E-state index in [-0.39, 0.29) is 24.4 Å². The number of H-pyrrole nitrogens is 1. The molecule has 1 amide bonds. The molecular formula is C21H21ClN6O4. The van der Waals surface area contributed by atoms with Gasteiger partial charge < -0.3 is 19.3 Å². The van der Waals surface area contributed by atoms with Gasteiger partial charge in [-0.25, -0.2) is 4.98 Å². The number of halogens is 1. The number of anilines is 1. The Morgan fingerprint density at radius 3 is 2.81 bits per heavy atom. The summed E-state index contributed by atoms with van der Waals surface area (Å²) in [5.74, 6) is 0.879. The predicted molar refractivity (Wildman–Crippen MR) is 118 cm³/mol. The zero-order chi connectivity index (χ0) is 22.7. The summed E-state index contributed by atoms with van der Waals surface area (Å²) in [5.41, 5.74) is 1.06. The van der Waals surface area contributed by atoms with Crippen LogP contribution in [0.1, 0.15) is 19.6 Å². The van der Waals surface area contributed by atoms with Crippen molar-refractivity contribution in [1.29, 1.82) is 0 Å². The fourth-order valence-corrected chi connectivity index (χ4v) is 3.09. The van der Waals surface area contributed by atoms with Gasteiger partial charge in [0.05, 0.1) is 23.9 Å². The molecule has 0 aliphatic carbocycles. The van der Waals surface area contributed by atoms with Gasteiger partial charge in [-0.3, -0.25) is 9.89 Å². The number of amides is 1. The molecule has 32 heavy (non-hydrogen) atoms. The Kier molecular flexibility index (Phi) is 6.33. The largest absolute Gasteiger partial charge is 0.461 e. The van der Waals surface area contributed by atoms with Crippen molar-refractivity contribution < 1.29 is 18.8 Å². The minimum absolute atomic E-state index is 0.00882. The van der Waals surface area contributed by atoms with Crippen LogP contribution in [0.15, 0.2) is 41.1 Å². The van der Waals surface area contributed by atoms with Crippen molar-refractivity contribution in [3.05, 3.63) is 47.3 Å². The molecule has 3 aromatic heterocycles. The van der Waals surface area contributed by atoms with Crippen LogP contribution in [-0.4, -0.2) is 50.0 Å². The number of aromatic nitrogens is 5. The topological polar surface area (TPSA) is 128 Å². The number of aromatic amines is 1. The Bertz CT molecular complexity index is 1240. The van der Waals surface area contributed by atoms with Crippen molar-refractivity contribution in [2.45, 2.75) is 33.0 Å². The van der Waals surface area contributed by atoms with Gasteiger partial charge in [-0.15, -0.1) is 0 Å². The van der Waals surface area contributed by atoms with Gasteiger partial charge in [0, 0.05) is 11.6 Å². The van der Waals surface area contributed by atoms with Crippen LogP contribution in [0.4, 0.5) is 5.82 Å². The van der Waals surface area contributed by atoms with Gasteiger partial charge in [0.2, 0.25) is 12.0 Å². The van der Waals surface area contributed by atoms with E-state index in [0.29, 0.717) is 33.2 Å². The average Bonchev–Trinajstić information content (AvgIpc) is 3.39. The maximum atomic E-state index is 12.9. The number of benzene rings is 1. The van der Waals surface area contributed by atoms with Crippen molar-refractivity contribution in [3.8, 4) is 17.3 Å². The Labute approximate surface area is 188 Å². The van der Waals surface area contributed by atoms with E-state index in [1.165, 1.54) is 6.20 Å². The third kappa shape index (κ3) is 4.87. The second kappa shape index (κ2) is 9.33. The lowest BCUT2D eigenvalue weighted by atomic mass is 10.2. The summed E-state index contributed by atoms with van der Waals surface area (Å²) in [5, 5.41) is 14.3. The van der Waals surface area contributed by atoms with E-state index in [9.17, 15) is 4.79 Å². The summed E-state index contributed by atoms with van der Waals surface area (Å²) in [4.78, 5) is 21.9. The highest BCUT2D eigenvalue weighted by Crippen LogP contribution is 2.30. The Morgan fingerprint density at radius 2 is 2.09 bits per heavy atom. The molecule has 0 saturated heterocycles. The Balaban J connectivity index is 1.67. The van der Waals surface area contributed by atoms with E-state index in [4.69, 9.17) is 25.6 Å². The molecule has 1 aromatic carbocycles. The van der Waals surface area contributed by atoms with E-state index in [1.807, 2.05) is 26.0 Å². The number of hydrogen-bond acceptors (Lipinski definition) is 8. The highest BCUT2D eigenvalue weighted by molar-refractivity contribution is 6.33. The first-order chi connectivity index (χ1) is 15.4. The number of rotatable bonds is 8. The highest BCUT2D eigenvalue weighted by atomic mass is 35.5. The molecule has 166 valence electrons. The summed E-state index contributed by atoms with van der Waals surface area (Å²) in [7, 11) is 0. The number of nitrogens with zero attached hydrogens (tertiary/aromatic N) is 4. The Hall–Kier alpha value is -3.50. The second-order valence-corrected chi connectivity index (χ2v) is 7.67. The van der Waals surface area contributed by atoms with Crippen molar-refractivity contribution in [2.75, 3.05) is 11.9 Å². The molecule has 2 N–H and O–H groups in total. The van der Waals surface area contributed by atoms with E-state index in [0.717, 1.165) is 0 Å². The summed E-state index contributed by atoms with van der Waals surface area (Å²) >= 11 is 6.32. The predicted octanol–water partition coefficient (Wildman–Crippen LogP) is 3.78. The van der Waals surface area contributed by atoms with Crippen LogP contribution in [0.5, 0.6) is 5.88 Å². The second-order valence-electron chi connectivity index (χ2n) is 7.27. The third-order valence-electron chi connectivity index (χ3n) is 4.40. The van der Waals surface area contributed by atoms with Crippen LogP contribution in [0.3, 0.4) is 0 Å². The van der Waals surface area contributed by atoms with Crippen LogP contribution in [0, 0.1) is 6.92 Å². The smallest absolute Gasteiger partial charge is 0.269 e. The molecule has 0 saturated carbocycles. The summed E-state index contributed by atoms with van der Waals surface area (Å²) in [6.07, 6.45) is 0.392. The van der Waals surface area contributed by atoms with Gasteiger partial charge in [0.1, 0.15) is 11.1 Å². The molecule has 10 nitrogen and oxygen atoms in total. The first-order valence-electron chi connectivity index (χ1n) is 9.89. The SMILES string of the molecule is Cc1cc(NC(=O)C(COC(C)C)Oc2nc(-c3ccccc3Cl)nc3[nH]ncc23)no1. The van der Waals surface area contributed by atoms with E-state index in [2.05, 4.69) is 30.6 Å². The molecule has 4 aromatic rings. The van der Waals surface area contributed by atoms with Gasteiger partial charge in [-0.2, -0.15) is 10.1 Å². The molecule has 1 atom stereocenters. The number of nitrogens with one attached hydrogen (secondary N) is 2. The normalized spacial score (nSPS) is 12.3. The lowest BCUT2D eigenvalue weighted by molar-refractivity contribution is -0.126. The minimum Gasteiger partial charge on any atom is -0.461 e. The van der Waals surface area contributed by atoms with Gasteiger partial charge >= 0.3 is 0 Å². The summed E-state index contributed by atoms with van der Waals surface area (Å²) in [6.45, 7) is 5.45. The molecule has 0 spiro atoms. The lowest BCUT2D eigenvalue weighted by Crippen LogP contribution is -2.38. The highest BCUT2D eigenvalue weighted by Gasteiger charge is 2.25. The average molecular weight is 457 g/mol. The zero-order valence-electron chi connectivity index (χ0n) is 17.6. The van der Waals surface area contributed by atoms with Crippen LogP contribution in [-0.2, 0) is 9.53 Å². The molecule has 0 fully saturated rings. The van der Waals surface area contributed by atoms with Crippen LogP contribution >= 0.6 is 11.6 Å². The fraction of sp³-hybridized carbons (Fsp3) is 0.286. The van der Waals surface area contributed by atoms with Crippen LogP contribution in [0.25, 0.3) is 22.4 Å². The van der Waals surface area contributed by atoms with Gasteiger partial charge in [-0.05, 0) is 32.9 Å². The summed E-state index contributed by atoms with van der Waals surface area (Å²) in [6, 6.07) is 8.78. The van der Waals surface area contributed by atoms with Crippen LogP contribution < -0.4 is 10.1 Å². The number of carbonyl (C=O) groups is 1. The molecule has 0 aliphatic rings. The number of carbonyl (C=O) groups excluding carboxylic acids is 1. The van der Waals surface area contributed by atoms with Crippen molar-refractivity contribution in [3.63, 3.8) is 0 Å². The Morgan fingerprint density at radius 1 is 1.28 bits per heavy atom. The van der Waals surface area contributed by atoms with E-state index >= 15 is 0 Å². The molecule has 0 aliphatic heterocycles. The van der Waals surface area contributed by atoms with Crippen molar-refractivity contribution in [2.24, 2.45) is 0 Å². The first kappa shape index (κ1) is 21.7. The summed E-state index contributed by atoms with van der Waals surface area (Å²) < 4.78 is 16.7. The minimum atomic E-state index is -1.03. The maximum absolute atomic E-state index is 12.9. The van der Waals surface area contributed by atoms with E-state index < -0.39 is 12.0 Å². The lowest BCUT2D eigenvalue weighted by Gasteiger charge is -2.19. The van der Waals surface area contributed by atoms with E-state index in [1.54, 1.807) is 25.1 Å². The quantitative estimate of drug-likeness (QED) is 0.410. The fourth-order valence-electron chi connectivity index (χ4n) is 2.87. The number of ether oxygens (including phenoxy) is 2. The molecule has 3 heterocycles. The monoisotopic (exact) mass is 456 g/mol. The third-order valence-corrected chi connectivity index (χ3v) is 4.73. The molecule has 1 unspecified atom stereocenters. The molecule has 11 heteroatoms. The maximum Gasteiger partial charge on any atom is 0.269 e. The van der Waals surface area contributed by atoms with Crippen LogP contribution in [0.2, 0.25) is 5.02 Å².